The first-order valence-corrected chi connectivity index (χ1v) is 13.0. The molecule has 1 heterocycles. The zero-order valence-corrected chi connectivity index (χ0v) is 23.0. The first-order valence-electron chi connectivity index (χ1n) is 12.6. The van der Waals surface area contributed by atoms with E-state index in [2.05, 4.69) is 27.7 Å². The summed E-state index contributed by atoms with van der Waals surface area (Å²) in [5.74, 6) is 0.813. The van der Waals surface area contributed by atoms with Gasteiger partial charge in [0.25, 0.3) is 5.56 Å². The van der Waals surface area contributed by atoms with Gasteiger partial charge >= 0.3 is 0 Å². The SMILES string of the molecule is COCCCN(C(=O)CC(C)CC(C)(C)C)C(C)c1nc2ccccc2c(=O)n1-c1ccc(Cl)cc1. The topological polar surface area (TPSA) is 64.4 Å². The molecule has 2 unspecified atom stereocenters. The highest BCUT2D eigenvalue weighted by atomic mass is 35.5. The Hall–Kier alpha value is -2.70. The number of carbonyl (C=O) groups is 1. The number of aromatic nitrogens is 2. The normalized spacial score (nSPS) is 13.5. The molecule has 0 aliphatic heterocycles. The van der Waals surface area contributed by atoms with Crippen LogP contribution in [0.25, 0.3) is 16.6 Å². The summed E-state index contributed by atoms with van der Waals surface area (Å²) >= 11 is 6.13. The van der Waals surface area contributed by atoms with Gasteiger partial charge in [0.1, 0.15) is 5.82 Å². The minimum absolute atomic E-state index is 0.0559. The molecular formula is C29H38ClN3O3. The van der Waals surface area contributed by atoms with Crippen LogP contribution in [0.1, 0.15) is 65.7 Å². The molecule has 0 N–H and O–H groups in total. The maximum atomic E-state index is 13.7. The van der Waals surface area contributed by atoms with Crippen LogP contribution in [0.15, 0.2) is 53.3 Å². The van der Waals surface area contributed by atoms with Gasteiger partial charge in [-0.2, -0.15) is 0 Å². The fourth-order valence-electron chi connectivity index (χ4n) is 4.86. The van der Waals surface area contributed by atoms with Crippen molar-refractivity contribution < 1.29 is 9.53 Å². The van der Waals surface area contributed by atoms with E-state index in [-0.39, 0.29) is 22.8 Å². The number of amides is 1. The van der Waals surface area contributed by atoms with E-state index in [0.717, 1.165) is 6.42 Å². The minimum atomic E-state index is -0.427. The summed E-state index contributed by atoms with van der Waals surface area (Å²) in [6, 6.07) is 14.0. The fraction of sp³-hybridized carbons (Fsp3) is 0.483. The van der Waals surface area contributed by atoms with Crippen molar-refractivity contribution in [2.75, 3.05) is 20.3 Å². The molecule has 0 bridgehead atoms. The molecule has 3 rings (SSSR count). The van der Waals surface area contributed by atoms with Crippen LogP contribution in [0.4, 0.5) is 0 Å². The van der Waals surface area contributed by atoms with Crippen LogP contribution in [0.2, 0.25) is 5.02 Å². The second-order valence-corrected chi connectivity index (χ2v) is 11.2. The van der Waals surface area contributed by atoms with Crippen molar-refractivity contribution in [3.63, 3.8) is 0 Å². The van der Waals surface area contributed by atoms with E-state index in [1.165, 1.54) is 0 Å². The standard InChI is InChI=1S/C29H38ClN3O3/c1-20(19-29(3,4)5)18-26(34)32(16-9-17-36-6)21(2)27-31-25-11-8-7-10-24(25)28(35)33(27)23-14-12-22(30)13-15-23/h7-8,10-15,20-21H,9,16-19H2,1-6H3. The molecule has 1 aromatic heterocycles. The molecule has 0 aliphatic carbocycles. The maximum absolute atomic E-state index is 13.7. The van der Waals surface area contributed by atoms with E-state index in [0.29, 0.717) is 53.4 Å². The predicted octanol–water partition coefficient (Wildman–Crippen LogP) is 6.43. The van der Waals surface area contributed by atoms with Gasteiger partial charge in [0.15, 0.2) is 0 Å². The Balaban J connectivity index is 2.08. The Kier molecular flexibility index (Phi) is 9.31. The van der Waals surface area contributed by atoms with Gasteiger partial charge in [-0.05, 0) is 67.5 Å². The number of para-hydroxylation sites is 1. The summed E-state index contributed by atoms with van der Waals surface area (Å²) in [4.78, 5) is 34.1. The van der Waals surface area contributed by atoms with Crippen LogP contribution < -0.4 is 5.56 Å². The quantitative estimate of drug-likeness (QED) is 0.294. The van der Waals surface area contributed by atoms with Crippen LogP contribution in [-0.2, 0) is 9.53 Å². The number of rotatable bonds is 10. The summed E-state index contributed by atoms with van der Waals surface area (Å²) in [5.41, 5.74) is 1.24. The molecule has 0 radical (unpaired) electrons. The van der Waals surface area contributed by atoms with Crippen molar-refractivity contribution in [2.45, 2.75) is 59.9 Å². The number of hydrogen-bond acceptors (Lipinski definition) is 4. The lowest BCUT2D eigenvalue weighted by Gasteiger charge is -2.32. The van der Waals surface area contributed by atoms with Gasteiger partial charge in [-0.15, -0.1) is 0 Å². The highest BCUT2D eigenvalue weighted by molar-refractivity contribution is 6.30. The first-order chi connectivity index (χ1) is 17.0. The van der Waals surface area contributed by atoms with E-state index in [1.807, 2.05) is 30.0 Å². The van der Waals surface area contributed by atoms with Crippen LogP contribution in [-0.4, -0.2) is 40.6 Å². The predicted molar refractivity (Wildman–Crippen MR) is 147 cm³/mol. The zero-order valence-electron chi connectivity index (χ0n) is 22.3. The number of fused-ring (bicyclic) bond motifs is 1. The third kappa shape index (κ3) is 6.95. The molecule has 6 nitrogen and oxygen atoms in total. The molecule has 0 saturated heterocycles. The average molecular weight is 512 g/mol. The average Bonchev–Trinajstić information content (AvgIpc) is 2.81. The van der Waals surface area contributed by atoms with Gasteiger partial charge in [0.05, 0.1) is 22.6 Å². The molecule has 1 amide bonds. The Labute approximate surface area is 219 Å². The molecule has 2 atom stereocenters. The van der Waals surface area contributed by atoms with Crippen LogP contribution >= 0.6 is 11.6 Å². The van der Waals surface area contributed by atoms with Crippen molar-refractivity contribution in [3.05, 3.63) is 69.7 Å². The molecule has 194 valence electrons. The highest BCUT2D eigenvalue weighted by Crippen LogP contribution is 2.29. The molecule has 36 heavy (non-hydrogen) atoms. The summed E-state index contributed by atoms with van der Waals surface area (Å²) in [5, 5.41) is 1.11. The molecule has 0 spiro atoms. The Bertz CT molecular complexity index is 1230. The molecule has 3 aromatic rings. The lowest BCUT2D eigenvalue weighted by atomic mass is 9.84. The van der Waals surface area contributed by atoms with Crippen molar-refractivity contribution in [3.8, 4) is 5.69 Å². The van der Waals surface area contributed by atoms with Gasteiger partial charge < -0.3 is 9.64 Å². The third-order valence-corrected chi connectivity index (χ3v) is 6.53. The lowest BCUT2D eigenvalue weighted by molar-refractivity contribution is -0.134. The molecule has 7 heteroatoms. The number of ether oxygens (including phenoxy) is 1. The molecule has 0 fully saturated rings. The molecular weight excluding hydrogens is 474 g/mol. The third-order valence-electron chi connectivity index (χ3n) is 6.28. The number of halogens is 1. The molecule has 2 aromatic carbocycles. The van der Waals surface area contributed by atoms with Crippen molar-refractivity contribution in [1.82, 2.24) is 14.5 Å². The van der Waals surface area contributed by atoms with E-state index >= 15 is 0 Å². The fourth-order valence-corrected chi connectivity index (χ4v) is 4.98. The number of carbonyl (C=O) groups excluding carboxylic acids is 1. The van der Waals surface area contributed by atoms with E-state index in [4.69, 9.17) is 21.3 Å². The first kappa shape index (κ1) is 27.9. The zero-order chi connectivity index (χ0) is 26.5. The van der Waals surface area contributed by atoms with Crippen molar-refractivity contribution >= 4 is 28.4 Å². The highest BCUT2D eigenvalue weighted by Gasteiger charge is 2.28. The summed E-state index contributed by atoms with van der Waals surface area (Å²) < 4.78 is 6.87. The van der Waals surface area contributed by atoms with Crippen LogP contribution in [0.3, 0.4) is 0 Å². The monoisotopic (exact) mass is 511 g/mol. The van der Waals surface area contributed by atoms with Gasteiger partial charge in [-0.25, -0.2) is 4.98 Å². The molecule has 0 aliphatic rings. The van der Waals surface area contributed by atoms with Crippen LogP contribution in [0, 0.1) is 11.3 Å². The Morgan fingerprint density at radius 2 is 1.78 bits per heavy atom. The number of nitrogens with zero attached hydrogens (tertiary/aromatic N) is 3. The van der Waals surface area contributed by atoms with Gasteiger partial charge in [0.2, 0.25) is 5.91 Å². The lowest BCUT2D eigenvalue weighted by Crippen LogP contribution is -2.39. The summed E-state index contributed by atoms with van der Waals surface area (Å²) in [7, 11) is 1.66. The van der Waals surface area contributed by atoms with Crippen molar-refractivity contribution in [2.24, 2.45) is 11.3 Å². The largest absolute Gasteiger partial charge is 0.385 e. The smallest absolute Gasteiger partial charge is 0.266 e. The number of benzene rings is 2. The van der Waals surface area contributed by atoms with Crippen LogP contribution in [0.5, 0.6) is 0 Å². The minimum Gasteiger partial charge on any atom is -0.385 e. The summed E-state index contributed by atoms with van der Waals surface area (Å²) in [6.45, 7) is 11.7. The van der Waals surface area contributed by atoms with Crippen molar-refractivity contribution in [1.29, 1.82) is 0 Å². The second kappa shape index (κ2) is 12.0. The Morgan fingerprint density at radius 3 is 2.42 bits per heavy atom. The maximum Gasteiger partial charge on any atom is 0.266 e. The Morgan fingerprint density at radius 1 is 1.11 bits per heavy atom. The van der Waals surface area contributed by atoms with E-state index in [1.54, 1.807) is 42.0 Å². The van der Waals surface area contributed by atoms with E-state index in [9.17, 15) is 9.59 Å². The number of hydrogen-bond donors (Lipinski definition) is 0. The van der Waals surface area contributed by atoms with E-state index < -0.39 is 6.04 Å². The second-order valence-electron chi connectivity index (χ2n) is 10.8. The van der Waals surface area contributed by atoms with Gasteiger partial charge in [-0.3, -0.25) is 14.2 Å². The number of methoxy groups -OCH3 is 1. The molecule has 0 saturated carbocycles. The summed E-state index contributed by atoms with van der Waals surface area (Å²) in [6.07, 6.45) is 2.08. The van der Waals surface area contributed by atoms with Gasteiger partial charge in [-0.1, -0.05) is 51.4 Å². The van der Waals surface area contributed by atoms with Gasteiger partial charge in [0, 0.05) is 31.7 Å².